The van der Waals surface area contributed by atoms with E-state index in [9.17, 15) is 14.4 Å². The summed E-state index contributed by atoms with van der Waals surface area (Å²) >= 11 is 0. The number of ketones is 1. The molecule has 2 aliphatic carbocycles. The molecule has 1 aliphatic heterocycles. The van der Waals surface area contributed by atoms with Crippen LogP contribution in [0.1, 0.15) is 77.6 Å². The molecule has 7 heteroatoms. The molecule has 2 amide bonds. The van der Waals surface area contributed by atoms with Crippen molar-refractivity contribution in [3.05, 3.63) is 58.4 Å². The zero-order valence-corrected chi connectivity index (χ0v) is 20.4. The van der Waals surface area contributed by atoms with Crippen LogP contribution in [0.25, 0.3) is 5.57 Å². The largest absolute Gasteiger partial charge is 0.355 e. The van der Waals surface area contributed by atoms with Crippen molar-refractivity contribution in [1.82, 2.24) is 20.0 Å². The monoisotopic (exact) mass is 460 g/mol. The van der Waals surface area contributed by atoms with Crippen molar-refractivity contribution in [2.24, 2.45) is 5.41 Å². The summed E-state index contributed by atoms with van der Waals surface area (Å²) in [6.07, 6.45) is 7.61. The Labute approximate surface area is 200 Å². The maximum atomic E-state index is 13.3. The van der Waals surface area contributed by atoms with Gasteiger partial charge in [-0.3, -0.25) is 19.1 Å². The highest BCUT2D eigenvalue weighted by Crippen LogP contribution is 2.44. The molecular formula is C27H32N4O3. The number of allylic oxidation sites excluding steroid dienone is 1. The van der Waals surface area contributed by atoms with Gasteiger partial charge in [-0.25, -0.2) is 0 Å². The van der Waals surface area contributed by atoms with E-state index in [1.807, 2.05) is 40.1 Å². The molecule has 0 bridgehead atoms. The molecule has 0 radical (unpaired) electrons. The maximum absolute atomic E-state index is 13.3. The Morgan fingerprint density at radius 2 is 1.82 bits per heavy atom. The molecule has 178 valence electrons. The molecule has 0 saturated carbocycles. The maximum Gasteiger partial charge on any atom is 0.253 e. The first-order chi connectivity index (χ1) is 16.1. The van der Waals surface area contributed by atoms with Crippen LogP contribution in [0.4, 0.5) is 0 Å². The van der Waals surface area contributed by atoms with Gasteiger partial charge in [0.2, 0.25) is 0 Å². The topological polar surface area (TPSA) is 84.3 Å². The van der Waals surface area contributed by atoms with Gasteiger partial charge in [0.15, 0.2) is 5.78 Å². The lowest BCUT2D eigenvalue weighted by atomic mass is 9.67. The highest BCUT2D eigenvalue weighted by Gasteiger charge is 2.43. The van der Waals surface area contributed by atoms with Crippen molar-refractivity contribution in [1.29, 1.82) is 0 Å². The summed E-state index contributed by atoms with van der Waals surface area (Å²) in [5.74, 6) is -0.0141. The number of carbonyl (C=O) groups excluding carboxylic acids is 3. The Bertz CT molecular complexity index is 1220. The molecule has 1 spiro atoms. The average molecular weight is 461 g/mol. The van der Waals surface area contributed by atoms with Gasteiger partial charge in [-0.1, -0.05) is 12.1 Å². The minimum absolute atomic E-state index is 0.0100. The van der Waals surface area contributed by atoms with Crippen LogP contribution in [0, 0.1) is 5.41 Å². The number of Topliss-reactive ketones (excluding diaryl/α,β-unsaturated/α-hetero) is 1. The van der Waals surface area contributed by atoms with Gasteiger partial charge in [-0.2, -0.15) is 5.10 Å². The smallest absolute Gasteiger partial charge is 0.253 e. The quantitative estimate of drug-likeness (QED) is 0.745. The summed E-state index contributed by atoms with van der Waals surface area (Å²) in [5, 5.41) is 7.26. The Morgan fingerprint density at radius 1 is 1.09 bits per heavy atom. The molecule has 7 nitrogen and oxygen atoms in total. The van der Waals surface area contributed by atoms with E-state index in [4.69, 9.17) is 0 Å². The molecule has 1 N–H and O–H groups in total. The van der Waals surface area contributed by atoms with E-state index < -0.39 is 0 Å². The van der Waals surface area contributed by atoms with E-state index in [1.54, 1.807) is 7.05 Å². The second-order valence-corrected chi connectivity index (χ2v) is 11.0. The van der Waals surface area contributed by atoms with Gasteiger partial charge in [0.1, 0.15) is 5.69 Å². The zero-order valence-electron chi connectivity index (χ0n) is 20.4. The van der Waals surface area contributed by atoms with Crippen LogP contribution in [0.5, 0.6) is 0 Å². The van der Waals surface area contributed by atoms with Crippen molar-refractivity contribution in [3.63, 3.8) is 0 Å². The Kier molecular flexibility index (Phi) is 5.26. The molecule has 5 rings (SSSR count). The van der Waals surface area contributed by atoms with Gasteiger partial charge >= 0.3 is 0 Å². The number of nitrogens with zero attached hydrogens (tertiary/aromatic N) is 3. The molecular weight excluding hydrogens is 428 g/mol. The zero-order chi connectivity index (χ0) is 24.3. The number of carbonyl (C=O) groups is 3. The van der Waals surface area contributed by atoms with Crippen molar-refractivity contribution in [3.8, 4) is 0 Å². The number of hydrogen-bond acceptors (Lipinski definition) is 4. The number of aromatic nitrogens is 2. The number of hydrogen-bond donors (Lipinski definition) is 1. The number of nitrogens with one attached hydrogen (secondary N) is 1. The van der Waals surface area contributed by atoms with Crippen molar-refractivity contribution in [2.45, 2.75) is 58.4 Å². The first-order valence-electron chi connectivity index (χ1n) is 12.1. The van der Waals surface area contributed by atoms with E-state index in [2.05, 4.69) is 31.2 Å². The first kappa shape index (κ1) is 22.6. The Morgan fingerprint density at radius 3 is 2.50 bits per heavy atom. The SMILES string of the molecule is CNC(=O)C1=CCc2ccc(C(=O)N3CCC4(CC3)CC(=O)c3nn(C(C)(C)C)cc3C4)cc21. The summed E-state index contributed by atoms with van der Waals surface area (Å²) in [5.41, 5.74) is 4.57. The molecule has 34 heavy (non-hydrogen) atoms. The predicted octanol–water partition coefficient (Wildman–Crippen LogP) is 3.38. The Hall–Kier alpha value is -3.22. The molecule has 0 unspecified atom stereocenters. The van der Waals surface area contributed by atoms with Crippen LogP contribution in [-0.4, -0.2) is 52.4 Å². The molecule has 0 atom stereocenters. The number of amides is 2. The molecule has 1 saturated heterocycles. The average Bonchev–Trinajstić information content (AvgIpc) is 3.42. The number of rotatable bonds is 2. The molecule has 2 aromatic rings. The van der Waals surface area contributed by atoms with Crippen LogP contribution < -0.4 is 5.32 Å². The van der Waals surface area contributed by atoms with Gasteiger partial charge in [0, 0.05) is 49.5 Å². The summed E-state index contributed by atoms with van der Waals surface area (Å²) in [4.78, 5) is 40.4. The standard InChI is InChI=1S/C27H32N4O3/c1-26(2,3)31-16-19-14-27(15-22(32)23(19)29-31)9-11-30(12-10-27)25(34)18-6-5-17-7-8-20(21(17)13-18)24(33)28-4/h5-6,8,13,16H,7,9-12,14-15H2,1-4H3,(H,28,33). The van der Waals surface area contributed by atoms with Gasteiger partial charge in [0.25, 0.3) is 11.8 Å². The van der Waals surface area contributed by atoms with E-state index in [1.165, 1.54) is 0 Å². The summed E-state index contributed by atoms with van der Waals surface area (Å²) in [7, 11) is 1.62. The number of piperidine rings is 1. The van der Waals surface area contributed by atoms with Crippen molar-refractivity contribution >= 4 is 23.2 Å². The van der Waals surface area contributed by atoms with Crippen molar-refractivity contribution < 1.29 is 14.4 Å². The van der Waals surface area contributed by atoms with Gasteiger partial charge < -0.3 is 10.2 Å². The van der Waals surface area contributed by atoms with Crippen LogP contribution in [0.2, 0.25) is 0 Å². The van der Waals surface area contributed by atoms with Gasteiger partial charge in [0.05, 0.1) is 5.54 Å². The Balaban J connectivity index is 1.30. The minimum atomic E-state index is -0.163. The third-order valence-corrected chi connectivity index (χ3v) is 7.60. The third kappa shape index (κ3) is 3.77. The minimum Gasteiger partial charge on any atom is -0.355 e. The number of fused-ring (bicyclic) bond motifs is 2. The first-order valence-corrected chi connectivity index (χ1v) is 12.1. The molecule has 1 aromatic carbocycles. The highest BCUT2D eigenvalue weighted by atomic mass is 16.2. The van der Waals surface area contributed by atoms with Crippen molar-refractivity contribution in [2.75, 3.05) is 20.1 Å². The second kappa shape index (κ2) is 7.93. The summed E-state index contributed by atoms with van der Waals surface area (Å²) in [6.45, 7) is 7.51. The lowest BCUT2D eigenvalue weighted by Crippen LogP contribution is -2.46. The van der Waals surface area contributed by atoms with E-state index in [0.29, 0.717) is 42.8 Å². The lowest BCUT2D eigenvalue weighted by molar-refractivity contribution is -0.115. The van der Waals surface area contributed by atoms with Crippen LogP contribution in [-0.2, 0) is 23.2 Å². The summed E-state index contributed by atoms with van der Waals surface area (Å²) in [6, 6.07) is 5.67. The van der Waals surface area contributed by atoms with Crippen LogP contribution in [0.3, 0.4) is 0 Å². The van der Waals surface area contributed by atoms with Gasteiger partial charge in [-0.15, -0.1) is 0 Å². The number of likely N-dealkylation sites (tertiary alicyclic amines) is 1. The van der Waals surface area contributed by atoms with E-state index in [0.717, 1.165) is 36.0 Å². The molecule has 2 heterocycles. The molecule has 1 aromatic heterocycles. The fourth-order valence-electron chi connectivity index (χ4n) is 5.54. The second-order valence-electron chi connectivity index (χ2n) is 11.0. The predicted molar refractivity (Wildman–Crippen MR) is 130 cm³/mol. The normalized spacial score (nSPS) is 19.0. The fraction of sp³-hybridized carbons (Fsp3) is 0.481. The number of benzene rings is 1. The van der Waals surface area contributed by atoms with Crippen LogP contribution in [0.15, 0.2) is 30.5 Å². The van der Waals surface area contributed by atoms with Gasteiger partial charge in [-0.05, 0) is 75.1 Å². The number of likely N-dealkylation sites (N-methyl/N-ethyl adjacent to an activating group) is 1. The summed E-state index contributed by atoms with van der Waals surface area (Å²) < 4.78 is 1.91. The fourth-order valence-corrected chi connectivity index (χ4v) is 5.54. The molecule has 1 fully saturated rings. The van der Waals surface area contributed by atoms with E-state index >= 15 is 0 Å². The third-order valence-electron chi connectivity index (χ3n) is 7.60. The lowest BCUT2D eigenvalue weighted by Gasteiger charge is -2.43. The van der Waals surface area contributed by atoms with E-state index in [-0.39, 0.29) is 28.6 Å². The molecule has 3 aliphatic rings. The van der Waals surface area contributed by atoms with Crippen LogP contribution >= 0.6 is 0 Å². The highest BCUT2D eigenvalue weighted by molar-refractivity contribution is 6.21.